The summed E-state index contributed by atoms with van der Waals surface area (Å²) in [5.41, 5.74) is 15.6. The Morgan fingerprint density at radius 3 is 1.89 bits per heavy atom. The second kappa shape index (κ2) is 18.9. The molecule has 0 amide bonds. The Balaban J connectivity index is 0.00000640. The second-order valence-electron chi connectivity index (χ2n) is 23.3. The van der Waals surface area contributed by atoms with E-state index in [1.165, 1.54) is 38.9 Å². The smallest absolute Gasteiger partial charge is 0.135 e. The fourth-order valence-electron chi connectivity index (χ4n) is 10.3. The summed E-state index contributed by atoms with van der Waals surface area (Å²) in [5, 5.41) is 2.21. The summed E-state index contributed by atoms with van der Waals surface area (Å²) in [6.07, 6.45) is 1.93. The molecule has 0 saturated heterocycles. The standard InChI is InChI=1S/C66H67N4O.Pt/c1-43(2)52-26-17-18-27-53(52)44-34-49(69-42-68(48-25-21-24-46(36-48)63(3,4)5)60-40-56(64(6,7)8)57(41-61(60)69)65(9,10)11)38-51(35-44)71-50-30-31-55-54-28-19-20-29-58(54)70(59(55)39-50)62-37-47(32-33-67-62)66(12,13)45-22-15-14-16-23-45;/h14-37,40-43H,1-13H3;/q-3;. The van der Waals surface area contributed by atoms with Gasteiger partial charge in [0.15, 0.2) is 0 Å². The largest absolute Gasteiger partial charge is 0.509 e. The quantitative estimate of drug-likeness (QED) is 0.135. The average Bonchev–Trinajstić information content (AvgIpc) is 3.89. The molecule has 72 heavy (non-hydrogen) atoms. The zero-order chi connectivity index (χ0) is 50.2. The van der Waals surface area contributed by atoms with E-state index in [0.717, 1.165) is 55.9 Å². The van der Waals surface area contributed by atoms with Crippen molar-refractivity contribution in [1.29, 1.82) is 0 Å². The minimum atomic E-state index is -0.244. The number of benzene rings is 7. The van der Waals surface area contributed by atoms with Gasteiger partial charge in [-0.25, -0.2) is 4.98 Å². The molecule has 3 heterocycles. The first-order chi connectivity index (χ1) is 33.7. The van der Waals surface area contributed by atoms with Crippen LogP contribution < -0.4 is 14.5 Å². The molecule has 0 unspecified atom stereocenters. The summed E-state index contributed by atoms with van der Waals surface area (Å²) in [7, 11) is 0. The van der Waals surface area contributed by atoms with Gasteiger partial charge in [0.1, 0.15) is 5.82 Å². The maximum Gasteiger partial charge on any atom is 0.135 e. The molecule has 0 spiro atoms. The van der Waals surface area contributed by atoms with E-state index in [1.54, 1.807) is 0 Å². The van der Waals surface area contributed by atoms with Crippen LogP contribution in [0, 0.1) is 18.8 Å². The van der Waals surface area contributed by atoms with Crippen LogP contribution in [0.1, 0.15) is 129 Å². The van der Waals surface area contributed by atoms with Gasteiger partial charge in [-0.05, 0) is 109 Å². The maximum absolute atomic E-state index is 7.07. The van der Waals surface area contributed by atoms with Crippen molar-refractivity contribution in [1.82, 2.24) is 9.55 Å². The fourth-order valence-corrected chi connectivity index (χ4v) is 10.3. The first-order valence-corrected chi connectivity index (χ1v) is 25.2. The third-order valence-corrected chi connectivity index (χ3v) is 14.4. The van der Waals surface area contributed by atoms with Crippen molar-refractivity contribution in [3.63, 3.8) is 0 Å². The first kappa shape index (κ1) is 50.5. The number of para-hydroxylation sites is 1. The molecule has 6 heteroatoms. The summed E-state index contributed by atoms with van der Waals surface area (Å²) in [6.45, 7) is 32.1. The number of hydrogen-bond donors (Lipinski definition) is 0. The van der Waals surface area contributed by atoms with Crippen LogP contribution in [0.25, 0.3) is 38.8 Å². The van der Waals surface area contributed by atoms with Crippen LogP contribution in [-0.2, 0) is 42.7 Å². The molecule has 0 radical (unpaired) electrons. The van der Waals surface area contributed by atoms with Crippen molar-refractivity contribution in [3.8, 4) is 28.4 Å². The van der Waals surface area contributed by atoms with Gasteiger partial charge in [0.05, 0.1) is 0 Å². The van der Waals surface area contributed by atoms with Crippen molar-refractivity contribution >= 4 is 44.6 Å². The topological polar surface area (TPSA) is 33.5 Å². The number of hydrogen-bond acceptors (Lipinski definition) is 4. The number of rotatable bonds is 9. The number of fused-ring (bicyclic) bond motifs is 4. The van der Waals surface area contributed by atoms with E-state index in [9.17, 15) is 0 Å². The molecule has 10 rings (SSSR count). The zero-order valence-corrected chi connectivity index (χ0v) is 46.5. The molecular weight excluding hydrogens is 1060 g/mol. The van der Waals surface area contributed by atoms with E-state index < -0.39 is 0 Å². The molecular formula is C66H67N4OPt-3. The molecule has 7 aromatic carbocycles. The van der Waals surface area contributed by atoms with Crippen LogP contribution in [0.5, 0.6) is 11.5 Å². The van der Waals surface area contributed by atoms with Crippen molar-refractivity contribution < 1.29 is 25.8 Å². The van der Waals surface area contributed by atoms with Crippen LogP contribution in [0.15, 0.2) is 158 Å². The third-order valence-electron chi connectivity index (χ3n) is 14.4. The minimum Gasteiger partial charge on any atom is -0.509 e. The Bertz CT molecular complexity index is 3450. The molecule has 5 nitrogen and oxygen atoms in total. The van der Waals surface area contributed by atoms with E-state index in [2.05, 4.69) is 269 Å². The van der Waals surface area contributed by atoms with Gasteiger partial charge in [-0.2, -0.15) is 6.07 Å². The van der Waals surface area contributed by atoms with Crippen molar-refractivity contribution in [2.75, 3.05) is 9.80 Å². The molecule has 0 N–H and O–H groups in total. The van der Waals surface area contributed by atoms with Crippen LogP contribution in [0.4, 0.5) is 22.7 Å². The Labute approximate surface area is 443 Å². The Hall–Kier alpha value is -6.42. The number of ether oxygens (including phenoxy) is 1. The van der Waals surface area contributed by atoms with Crippen LogP contribution in [0.2, 0.25) is 0 Å². The molecule has 9 aromatic rings. The van der Waals surface area contributed by atoms with Gasteiger partial charge in [-0.3, -0.25) is 0 Å². The molecule has 2 aromatic heterocycles. The molecule has 0 fully saturated rings. The number of pyridine rings is 1. The Morgan fingerprint density at radius 2 is 1.19 bits per heavy atom. The fraction of sp³-hybridized carbons (Fsp3) is 0.273. The molecule has 0 aliphatic carbocycles. The maximum atomic E-state index is 7.07. The SMILES string of the molecule is CC(C)c1ccccc1-c1cc(Oc2[c-]c3c(cc2)c2ccccc2n3-c2cc(C(C)(C)c3ccccc3)ccn2)[c-]c(N2[CH-]N(c3cccc(C(C)(C)C)c3)c3cc(C(C)(C)C)c(C(C)(C)C)cc32)c1.[Pt]. The minimum absolute atomic E-state index is 0. The zero-order valence-electron chi connectivity index (χ0n) is 44.2. The third kappa shape index (κ3) is 9.42. The average molecular weight is 1130 g/mol. The van der Waals surface area contributed by atoms with Gasteiger partial charge in [0, 0.05) is 66.8 Å². The number of anilines is 4. The van der Waals surface area contributed by atoms with Gasteiger partial charge in [0.2, 0.25) is 0 Å². The summed E-state index contributed by atoms with van der Waals surface area (Å²) in [4.78, 5) is 9.69. The summed E-state index contributed by atoms with van der Waals surface area (Å²) in [5.74, 6) is 2.33. The number of aromatic nitrogens is 2. The molecule has 0 atom stereocenters. The van der Waals surface area contributed by atoms with E-state index in [4.69, 9.17) is 9.72 Å². The number of nitrogens with zero attached hydrogens (tertiary/aromatic N) is 4. The van der Waals surface area contributed by atoms with Gasteiger partial charge in [-0.1, -0.05) is 180 Å². The summed E-state index contributed by atoms with van der Waals surface area (Å²) < 4.78 is 9.29. The van der Waals surface area contributed by atoms with Gasteiger partial charge >= 0.3 is 0 Å². The van der Waals surface area contributed by atoms with Crippen molar-refractivity contribution in [2.45, 2.75) is 118 Å². The molecule has 0 bridgehead atoms. The molecule has 370 valence electrons. The Morgan fingerprint density at radius 1 is 0.542 bits per heavy atom. The van der Waals surface area contributed by atoms with E-state index in [-0.39, 0.29) is 42.7 Å². The molecule has 1 aliphatic rings. The Kier molecular flexibility index (Phi) is 13.2. The molecule has 1 aliphatic heterocycles. The van der Waals surface area contributed by atoms with E-state index in [1.807, 2.05) is 12.3 Å². The van der Waals surface area contributed by atoms with Crippen molar-refractivity contribution in [3.05, 3.63) is 210 Å². The predicted molar refractivity (Wildman–Crippen MR) is 298 cm³/mol. The van der Waals surface area contributed by atoms with Crippen molar-refractivity contribution in [2.24, 2.45) is 0 Å². The van der Waals surface area contributed by atoms with Gasteiger partial charge < -0.3 is 19.1 Å². The molecule has 0 saturated carbocycles. The van der Waals surface area contributed by atoms with E-state index >= 15 is 0 Å². The van der Waals surface area contributed by atoms with Crippen LogP contribution in [0.3, 0.4) is 0 Å². The van der Waals surface area contributed by atoms with E-state index in [0.29, 0.717) is 17.4 Å². The van der Waals surface area contributed by atoms with Gasteiger partial charge in [-0.15, -0.1) is 53.6 Å². The predicted octanol–water partition coefficient (Wildman–Crippen LogP) is 18.0. The van der Waals surface area contributed by atoms with Gasteiger partial charge in [0.25, 0.3) is 0 Å². The normalized spacial score (nSPS) is 13.2. The summed E-state index contributed by atoms with van der Waals surface area (Å²) in [6, 6.07) is 62.3. The summed E-state index contributed by atoms with van der Waals surface area (Å²) >= 11 is 0. The van der Waals surface area contributed by atoms with Crippen LogP contribution in [-0.4, -0.2) is 9.55 Å². The van der Waals surface area contributed by atoms with Crippen LogP contribution >= 0.6 is 0 Å². The second-order valence-corrected chi connectivity index (χ2v) is 23.3. The monoisotopic (exact) mass is 1130 g/mol. The first-order valence-electron chi connectivity index (χ1n) is 25.2.